The largest absolute Gasteiger partial charge is 0.443 e. The van der Waals surface area contributed by atoms with Crippen LogP contribution in [0.15, 0.2) is 126 Å². The highest BCUT2D eigenvalue weighted by atomic mass is 16.3. The van der Waals surface area contributed by atoms with E-state index >= 15 is 0 Å². The van der Waals surface area contributed by atoms with Crippen LogP contribution >= 0.6 is 0 Å². The Balaban J connectivity index is 1.37. The van der Waals surface area contributed by atoms with E-state index in [9.17, 15) is 0 Å². The monoisotopic (exact) mass is 540 g/mol. The second-order valence-corrected chi connectivity index (χ2v) is 10.2. The fourth-order valence-electron chi connectivity index (χ4n) is 5.86. The number of para-hydroxylation sites is 1. The van der Waals surface area contributed by atoms with Gasteiger partial charge in [0.2, 0.25) is 0 Å². The predicted molar refractivity (Wildman–Crippen MR) is 165 cm³/mol. The molecule has 0 saturated heterocycles. The molecule has 5 aromatic heterocycles. The van der Waals surface area contributed by atoms with Gasteiger partial charge in [-0.15, -0.1) is 0 Å². The molecule has 0 atom stereocenters. The summed E-state index contributed by atoms with van der Waals surface area (Å²) in [6, 6.07) is 36.7. The third-order valence-corrected chi connectivity index (χ3v) is 7.81. The first kappa shape index (κ1) is 22.8. The Kier molecular flexibility index (Phi) is 4.77. The number of benzene rings is 4. The van der Waals surface area contributed by atoms with Crippen LogP contribution in [-0.2, 0) is 0 Å². The van der Waals surface area contributed by atoms with Gasteiger partial charge in [-0.05, 0) is 48.5 Å². The van der Waals surface area contributed by atoms with Gasteiger partial charge in [0.05, 0.1) is 16.7 Å². The first-order valence-electron chi connectivity index (χ1n) is 13.7. The van der Waals surface area contributed by atoms with Crippen LogP contribution in [-0.4, -0.2) is 29.5 Å². The number of hydrogen-bond acceptors (Lipinski definition) is 6. The Hall–Kier alpha value is -5.95. The second-order valence-electron chi connectivity index (χ2n) is 10.2. The van der Waals surface area contributed by atoms with Crippen molar-refractivity contribution in [3.8, 4) is 28.5 Å². The summed E-state index contributed by atoms with van der Waals surface area (Å²) in [4.78, 5) is 24.5. The highest BCUT2D eigenvalue weighted by molar-refractivity contribution is 6.10. The fraction of sp³-hybridized carbons (Fsp3) is 0. The number of hydrogen-bond donors (Lipinski definition) is 0. The number of aromatic nitrogens is 6. The molecule has 0 fully saturated rings. The minimum Gasteiger partial charge on any atom is -0.443 e. The van der Waals surface area contributed by atoms with Crippen molar-refractivity contribution in [1.82, 2.24) is 29.5 Å². The van der Waals surface area contributed by atoms with E-state index in [0.29, 0.717) is 11.4 Å². The quantitative estimate of drug-likeness (QED) is 0.210. The van der Waals surface area contributed by atoms with Crippen molar-refractivity contribution in [3.05, 3.63) is 122 Å². The van der Waals surface area contributed by atoms with E-state index in [4.69, 9.17) is 24.4 Å². The first-order valence-corrected chi connectivity index (χ1v) is 13.7. The van der Waals surface area contributed by atoms with E-state index in [0.717, 1.165) is 71.9 Å². The van der Waals surface area contributed by atoms with Gasteiger partial charge in [0.25, 0.3) is 0 Å². The van der Waals surface area contributed by atoms with Gasteiger partial charge in [-0.1, -0.05) is 60.7 Å². The molecule has 0 saturated carbocycles. The number of pyridine rings is 2. The summed E-state index contributed by atoms with van der Waals surface area (Å²) in [6.45, 7) is 0. The van der Waals surface area contributed by atoms with E-state index in [1.54, 1.807) is 0 Å². The molecule has 0 bridgehead atoms. The predicted octanol–water partition coefficient (Wildman–Crippen LogP) is 8.15. The molecule has 0 aliphatic rings. The molecule has 9 rings (SSSR count). The molecule has 0 aliphatic heterocycles. The maximum absolute atomic E-state index is 5.63. The van der Waals surface area contributed by atoms with Gasteiger partial charge in [0, 0.05) is 38.9 Å². The zero-order chi connectivity index (χ0) is 27.6. The van der Waals surface area contributed by atoms with Crippen LogP contribution in [0.1, 0.15) is 0 Å². The normalized spacial score (nSPS) is 11.8. The second kappa shape index (κ2) is 8.78. The number of rotatable bonds is 3. The van der Waals surface area contributed by atoms with Gasteiger partial charge in [-0.25, -0.2) is 24.9 Å². The van der Waals surface area contributed by atoms with Gasteiger partial charge in [-0.3, -0.25) is 4.57 Å². The molecule has 7 nitrogen and oxygen atoms in total. The summed E-state index contributed by atoms with van der Waals surface area (Å²) in [6.07, 6.45) is 3.29. The fourth-order valence-corrected chi connectivity index (χ4v) is 5.86. The lowest BCUT2D eigenvalue weighted by Crippen LogP contribution is -2.01. The average Bonchev–Trinajstić information content (AvgIpc) is 3.66. The van der Waals surface area contributed by atoms with E-state index in [2.05, 4.69) is 52.0 Å². The third-order valence-electron chi connectivity index (χ3n) is 7.81. The molecule has 42 heavy (non-hydrogen) atoms. The maximum Gasteiger partial charge on any atom is 0.181 e. The maximum atomic E-state index is 5.63. The Morgan fingerprint density at radius 2 is 1.45 bits per heavy atom. The van der Waals surface area contributed by atoms with Gasteiger partial charge >= 0.3 is 0 Å². The average molecular weight is 541 g/mol. The lowest BCUT2D eigenvalue weighted by Gasteiger charge is -2.12. The van der Waals surface area contributed by atoms with Crippen molar-refractivity contribution in [2.75, 3.05) is 0 Å². The summed E-state index contributed by atoms with van der Waals surface area (Å²) >= 11 is 0. The van der Waals surface area contributed by atoms with Crippen LogP contribution in [0.3, 0.4) is 0 Å². The number of fused-ring (bicyclic) bond motifs is 7. The molecule has 5 heterocycles. The van der Waals surface area contributed by atoms with Crippen molar-refractivity contribution in [2.45, 2.75) is 0 Å². The topological polar surface area (TPSA) is 82.5 Å². The molecule has 7 heteroatoms. The van der Waals surface area contributed by atoms with Gasteiger partial charge in [0.15, 0.2) is 17.8 Å². The Bertz CT molecular complexity index is 2430. The molecule has 0 N–H and O–H groups in total. The van der Waals surface area contributed by atoms with E-state index in [1.807, 2.05) is 72.9 Å². The molecule has 0 aliphatic carbocycles. The smallest absolute Gasteiger partial charge is 0.181 e. The number of nitrogens with zero attached hydrogens (tertiary/aromatic N) is 6. The highest BCUT2D eigenvalue weighted by Gasteiger charge is 2.18. The summed E-state index contributed by atoms with van der Waals surface area (Å²) in [5.41, 5.74) is 7.68. The summed E-state index contributed by atoms with van der Waals surface area (Å²) in [5, 5.41) is 4.13. The van der Waals surface area contributed by atoms with E-state index < -0.39 is 0 Å². The summed E-state index contributed by atoms with van der Waals surface area (Å²) in [5.74, 6) is 1.42. The molecular weight excluding hydrogens is 520 g/mol. The molecule has 0 spiro atoms. The van der Waals surface area contributed by atoms with Crippen LogP contribution < -0.4 is 0 Å². The van der Waals surface area contributed by atoms with Crippen molar-refractivity contribution >= 4 is 54.8 Å². The minimum atomic E-state index is 0.633. The Morgan fingerprint density at radius 1 is 0.595 bits per heavy atom. The standard InChI is InChI=1S/C35H20N6O/c1-2-7-22(8-3-1)34-39-31(23-13-16-27-29(19-23)42-20-37-27)26-15-12-21-14-17-30(38-32(21)33(26)40-34)41-28-11-5-4-9-24(28)25-10-6-18-36-35(25)41/h1-20H. The van der Waals surface area contributed by atoms with Crippen LogP contribution in [0.5, 0.6) is 0 Å². The zero-order valence-electron chi connectivity index (χ0n) is 22.1. The van der Waals surface area contributed by atoms with Crippen molar-refractivity contribution in [3.63, 3.8) is 0 Å². The Morgan fingerprint density at radius 3 is 2.40 bits per heavy atom. The lowest BCUT2D eigenvalue weighted by atomic mass is 10.0. The van der Waals surface area contributed by atoms with Crippen LogP contribution in [0.25, 0.3) is 83.3 Å². The van der Waals surface area contributed by atoms with E-state index in [-0.39, 0.29) is 0 Å². The van der Waals surface area contributed by atoms with Crippen LogP contribution in [0, 0.1) is 0 Å². The molecule has 0 unspecified atom stereocenters. The SMILES string of the molecule is c1ccc(-c2nc(-c3ccc4ncoc4c3)c3ccc4ccc(-n5c6ccccc6c6cccnc65)nc4c3n2)cc1. The number of oxazole rings is 1. The van der Waals surface area contributed by atoms with Crippen molar-refractivity contribution in [1.29, 1.82) is 0 Å². The van der Waals surface area contributed by atoms with Gasteiger partial charge in [-0.2, -0.15) is 0 Å². The summed E-state index contributed by atoms with van der Waals surface area (Å²) < 4.78 is 7.76. The molecule has 9 aromatic rings. The molecule has 0 radical (unpaired) electrons. The zero-order valence-corrected chi connectivity index (χ0v) is 22.1. The van der Waals surface area contributed by atoms with Gasteiger partial charge < -0.3 is 4.42 Å². The molecule has 4 aromatic carbocycles. The highest BCUT2D eigenvalue weighted by Crippen LogP contribution is 2.35. The van der Waals surface area contributed by atoms with E-state index in [1.165, 1.54) is 6.39 Å². The molecule has 196 valence electrons. The van der Waals surface area contributed by atoms with Crippen molar-refractivity contribution in [2.24, 2.45) is 0 Å². The van der Waals surface area contributed by atoms with Gasteiger partial charge in [0.1, 0.15) is 22.5 Å². The molecular formula is C35H20N6O. The van der Waals surface area contributed by atoms with Crippen LogP contribution in [0.4, 0.5) is 0 Å². The minimum absolute atomic E-state index is 0.633. The van der Waals surface area contributed by atoms with Crippen molar-refractivity contribution < 1.29 is 4.42 Å². The van der Waals surface area contributed by atoms with Crippen LogP contribution in [0.2, 0.25) is 0 Å². The lowest BCUT2D eigenvalue weighted by molar-refractivity contribution is 0.602. The Labute approximate surface area is 238 Å². The summed E-state index contributed by atoms with van der Waals surface area (Å²) in [7, 11) is 0. The third kappa shape index (κ3) is 3.37. The molecule has 0 amide bonds. The first-order chi connectivity index (χ1) is 20.8.